The van der Waals surface area contributed by atoms with Crippen molar-refractivity contribution in [1.82, 2.24) is 14.9 Å². The number of rotatable bonds is 8. The third-order valence-corrected chi connectivity index (χ3v) is 5.85. The zero-order valence-electron chi connectivity index (χ0n) is 14.1. The van der Waals surface area contributed by atoms with Gasteiger partial charge in [-0.3, -0.25) is 0 Å². The maximum Gasteiger partial charge on any atom is 0.244 e. The normalized spacial score (nSPS) is 11.5. The molecule has 10 heteroatoms. The van der Waals surface area contributed by atoms with E-state index in [9.17, 15) is 8.42 Å². The number of thiophene rings is 1. The van der Waals surface area contributed by atoms with Crippen LogP contribution in [-0.4, -0.2) is 39.3 Å². The minimum Gasteiger partial charge on any atom is -0.497 e. The van der Waals surface area contributed by atoms with Crippen LogP contribution >= 0.6 is 11.3 Å². The van der Waals surface area contributed by atoms with E-state index >= 15 is 0 Å². The molecule has 0 amide bonds. The Bertz CT molecular complexity index is 968. The first-order chi connectivity index (χ1) is 12.5. The van der Waals surface area contributed by atoms with Crippen LogP contribution in [0.1, 0.15) is 5.89 Å². The summed E-state index contributed by atoms with van der Waals surface area (Å²) in [6.45, 7) is 0.106. The van der Waals surface area contributed by atoms with Crippen LogP contribution in [0.2, 0.25) is 0 Å². The average Bonchev–Trinajstić information content (AvgIpc) is 3.32. The second-order valence-corrected chi connectivity index (χ2v) is 7.84. The molecule has 3 aromatic rings. The summed E-state index contributed by atoms with van der Waals surface area (Å²) in [5.41, 5.74) is 0. The molecular weight excluding hydrogens is 378 g/mol. The number of sulfonamides is 1. The van der Waals surface area contributed by atoms with Crippen LogP contribution in [-0.2, 0) is 16.4 Å². The van der Waals surface area contributed by atoms with E-state index in [0.717, 1.165) is 4.88 Å². The Morgan fingerprint density at radius 3 is 2.77 bits per heavy atom. The van der Waals surface area contributed by atoms with E-state index in [-0.39, 0.29) is 23.6 Å². The fraction of sp³-hybridized carbons (Fsp3) is 0.250. The van der Waals surface area contributed by atoms with Crippen molar-refractivity contribution in [3.8, 4) is 22.2 Å². The molecule has 0 saturated heterocycles. The Labute approximate surface area is 154 Å². The molecule has 0 saturated carbocycles. The molecule has 0 aliphatic heterocycles. The van der Waals surface area contributed by atoms with Crippen LogP contribution in [0.3, 0.4) is 0 Å². The summed E-state index contributed by atoms with van der Waals surface area (Å²) >= 11 is 1.50. The van der Waals surface area contributed by atoms with Crippen LogP contribution in [0.5, 0.6) is 11.5 Å². The molecule has 0 atom stereocenters. The molecule has 2 heterocycles. The van der Waals surface area contributed by atoms with Gasteiger partial charge in [0.2, 0.25) is 21.7 Å². The van der Waals surface area contributed by atoms with Crippen LogP contribution in [0.15, 0.2) is 45.1 Å². The van der Waals surface area contributed by atoms with Gasteiger partial charge in [-0.2, -0.15) is 4.98 Å². The molecule has 1 aromatic carbocycles. The van der Waals surface area contributed by atoms with Crippen LogP contribution in [0, 0.1) is 0 Å². The van der Waals surface area contributed by atoms with Crippen LogP contribution in [0.4, 0.5) is 0 Å². The smallest absolute Gasteiger partial charge is 0.244 e. The summed E-state index contributed by atoms with van der Waals surface area (Å²) in [7, 11) is -0.912. The molecule has 0 bridgehead atoms. The largest absolute Gasteiger partial charge is 0.497 e. The molecule has 0 aliphatic rings. The number of methoxy groups -OCH3 is 2. The predicted octanol–water partition coefficient (Wildman–Crippen LogP) is 2.34. The monoisotopic (exact) mass is 395 g/mol. The van der Waals surface area contributed by atoms with Crippen molar-refractivity contribution in [3.05, 3.63) is 41.6 Å². The highest BCUT2D eigenvalue weighted by Crippen LogP contribution is 2.28. The summed E-state index contributed by atoms with van der Waals surface area (Å²) < 4.78 is 43.0. The van der Waals surface area contributed by atoms with Gasteiger partial charge in [-0.1, -0.05) is 11.2 Å². The number of benzene rings is 1. The van der Waals surface area contributed by atoms with Crippen LogP contribution < -0.4 is 14.2 Å². The highest BCUT2D eigenvalue weighted by Gasteiger charge is 2.20. The van der Waals surface area contributed by atoms with Gasteiger partial charge in [0.15, 0.2) is 0 Å². The molecule has 1 N–H and O–H groups in total. The Hall–Kier alpha value is -2.43. The zero-order chi connectivity index (χ0) is 18.6. The van der Waals surface area contributed by atoms with Crippen molar-refractivity contribution in [2.45, 2.75) is 11.3 Å². The Balaban J connectivity index is 1.67. The summed E-state index contributed by atoms with van der Waals surface area (Å²) in [5, 5.41) is 5.81. The second kappa shape index (κ2) is 7.85. The van der Waals surface area contributed by atoms with E-state index < -0.39 is 10.0 Å². The molecule has 8 nitrogen and oxygen atoms in total. The lowest BCUT2D eigenvalue weighted by molar-refractivity contribution is 0.378. The topological polar surface area (TPSA) is 104 Å². The van der Waals surface area contributed by atoms with Gasteiger partial charge in [0.25, 0.3) is 0 Å². The molecule has 0 unspecified atom stereocenters. The Morgan fingerprint density at radius 2 is 2.08 bits per heavy atom. The molecule has 138 valence electrons. The van der Waals surface area contributed by atoms with Gasteiger partial charge >= 0.3 is 0 Å². The molecule has 0 radical (unpaired) electrons. The standard InChI is InChI=1S/C16H17N3O5S2/c1-22-11-5-6-12(23-2)14(10-11)26(20,21)17-8-7-15-18-16(19-24-15)13-4-3-9-25-13/h3-6,9-10,17H,7-8H2,1-2H3. The van der Waals surface area contributed by atoms with E-state index in [1.807, 2.05) is 17.5 Å². The Kier molecular flexibility index (Phi) is 5.55. The van der Waals surface area contributed by atoms with Crippen molar-refractivity contribution in [3.63, 3.8) is 0 Å². The van der Waals surface area contributed by atoms with Gasteiger partial charge in [-0.15, -0.1) is 11.3 Å². The third-order valence-electron chi connectivity index (χ3n) is 3.50. The third kappa shape index (κ3) is 4.03. The van der Waals surface area contributed by atoms with Crippen molar-refractivity contribution in [1.29, 1.82) is 0 Å². The predicted molar refractivity (Wildman–Crippen MR) is 96.0 cm³/mol. The number of aromatic nitrogens is 2. The minimum atomic E-state index is -3.78. The molecule has 0 fully saturated rings. The molecule has 26 heavy (non-hydrogen) atoms. The van der Waals surface area contributed by atoms with Crippen molar-refractivity contribution < 1.29 is 22.4 Å². The van der Waals surface area contributed by atoms with Crippen LogP contribution in [0.25, 0.3) is 10.7 Å². The summed E-state index contributed by atoms with van der Waals surface area (Å²) in [4.78, 5) is 5.15. The number of ether oxygens (including phenoxy) is 2. The van der Waals surface area contributed by atoms with Crippen molar-refractivity contribution >= 4 is 21.4 Å². The SMILES string of the molecule is COc1ccc(OC)c(S(=O)(=O)NCCc2nc(-c3cccs3)no2)c1. The zero-order valence-corrected chi connectivity index (χ0v) is 15.8. The first-order valence-electron chi connectivity index (χ1n) is 7.61. The maximum atomic E-state index is 12.6. The first kappa shape index (κ1) is 18.4. The number of hydrogen-bond acceptors (Lipinski definition) is 8. The Morgan fingerprint density at radius 1 is 1.23 bits per heavy atom. The van der Waals surface area contributed by atoms with Crippen molar-refractivity contribution in [2.24, 2.45) is 0 Å². The number of nitrogens with zero attached hydrogens (tertiary/aromatic N) is 2. The van der Waals surface area contributed by atoms with Gasteiger partial charge < -0.3 is 14.0 Å². The summed E-state index contributed by atoms with van der Waals surface area (Å²) in [5.74, 6) is 1.50. The van der Waals surface area contributed by atoms with E-state index in [2.05, 4.69) is 14.9 Å². The van der Waals surface area contributed by atoms with E-state index in [0.29, 0.717) is 17.5 Å². The van der Waals surface area contributed by atoms with Gasteiger partial charge in [0.1, 0.15) is 16.4 Å². The lowest BCUT2D eigenvalue weighted by Gasteiger charge is -2.11. The van der Waals surface area contributed by atoms with Gasteiger partial charge in [-0.05, 0) is 23.6 Å². The highest BCUT2D eigenvalue weighted by molar-refractivity contribution is 7.89. The fourth-order valence-corrected chi connectivity index (χ4v) is 4.09. The summed E-state index contributed by atoms with van der Waals surface area (Å²) in [6.07, 6.45) is 0.268. The second-order valence-electron chi connectivity index (χ2n) is 5.15. The molecule has 3 rings (SSSR count). The first-order valence-corrected chi connectivity index (χ1v) is 9.98. The number of nitrogens with one attached hydrogen (secondary N) is 1. The minimum absolute atomic E-state index is 0.00385. The quantitative estimate of drug-likeness (QED) is 0.624. The molecule has 0 spiro atoms. The number of hydrogen-bond donors (Lipinski definition) is 1. The van der Waals surface area contributed by atoms with Gasteiger partial charge in [0.05, 0.1) is 19.1 Å². The lowest BCUT2D eigenvalue weighted by atomic mass is 10.3. The molecule has 2 aromatic heterocycles. The lowest BCUT2D eigenvalue weighted by Crippen LogP contribution is -2.26. The van der Waals surface area contributed by atoms with Crippen molar-refractivity contribution in [2.75, 3.05) is 20.8 Å². The molecular formula is C16H17N3O5S2. The highest BCUT2D eigenvalue weighted by atomic mass is 32.2. The summed E-state index contributed by atoms with van der Waals surface area (Å²) in [6, 6.07) is 8.35. The van der Waals surface area contributed by atoms with E-state index in [1.165, 1.54) is 31.6 Å². The maximum absolute atomic E-state index is 12.6. The van der Waals surface area contributed by atoms with Gasteiger partial charge in [-0.25, -0.2) is 13.1 Å². The average molecular weight is 395 g/mol. The molecule has 0 aliphatic carbocycles. The fourth-order valence-electron chi connectivity index (χ4n) is 2.23. The van der Waals surface area contributed by atoms with Gasteiger partial charge in [0, 0.05) is 19.0 Å². The van der Waals surface area contributed by atoms with E-state index in [1.54, 1.807) is 12.1 Å². The van der Waals surface area contributed by atoms with E-state index in [4.69, 9.17) is 14.0 Å².